The van der Waals surface area contributed by atoms with E-state index in [-0.39, 0.29) is 11.9 Å². The molecule has 1 atom stereocenters. The number of carbonyl (C=O) groups excluding carboxylic acids is 1. The molecule has 1 aliphatic carbocycles. The Kier molecular flexibility index (Phi) is 6.30. The Bertz CT molecular complexity index is 381. The second-order valence-corrected chi connectivity index (χ2v) is 8.66. The second-order valence-electron chi connectivity index (χ2n) is 5.83. The van der Waals surface area contributed by atoms with Crippen LogP contribution < -0.4 is 5.32 Å². The summed E-state index contributed by atoms with van der Waals surface area (Å²) in [5.41, 5.74) is 0. The van der Waals surface area contributed by atoms with Crippen molar-refractivity contribution in [3.63, 3.8) is 0 Å². The van der Waals surface area contributed by atoms with E-state index in [4.69, 9.17) is 0 Å². The molecule has 0 saturated heterocycles. The van der Waals surface area contributed by atoms with E-state index in [1.165, 1.54) is 26.2 Å². The summed E-state index contributed by atoms with van der Waals surface area (Å²) < 4.78 is 24.0. The third-order valence-corrected chi connectivity index (χ3v) is 6.48. The molecule has 0 aromatic rings. The minimum absolute atomic E-state index is 0.151. The van der Waals surface area contributed by atoms with Crippen LogP contribution in [0.25, 0.3) is 0 Å². The van der Waals surface area contributed by atoms with Crippen LogP contribution in [0.15, 0.2) is 0 Å². The molecule has 0 radical (unpaired) electrons. The number of carbonyl (C=O) groups is 1. The Morgan fingerprint density at radius 3 is 1.95 bits per heavy atom. The lowest BCUT2D eigenvalue weighted by Crippen LogP contribution is -2.45. The molecule has 0 heterocycles. The Morgan fingerprint density at radius 2 is 1.47 bits per heavy atom. The molecule has 0 aromatic heterocycles. The molecule has 0 spiro atoms. The number of nitrogens with one attached hydrogen (secondary N) is 1. The summed E-state index contributed by atoms with van der Waals surface area (Å²) in [6.07, 6.45) is 7.89. The van der Waals surface area contributed by atoms with E-state index in [1.54, 1.807) is 13.8 Å². The first kappa shape index (κ1) is 16.5. The molecular formula is C14H27NO3S. The van der Waals surface area contributed by atoms with E-state index in [9.17, 15) is 13.2 Å². The van der Waals surface area contributed by atoms with E-state index in [1.807, 2.05) is 0 Å². The smallest absolute Gasteiger partial charge is 0.238 e. The summed E-state index contributed by atoms with van der Waals surface area (Å²) in [6.45, 7) is 4.73. The van der Waals surface area contributed by atoms with Crippen molar-refractivity contribution >= 4 is 15.7 Å². The molecule has 1 aliphatic rings. The highest BCUT2D eigenvalue weighted by atomic mass is 32.2. The highest BCUT2D eigenvalue weighted by Crippen LogP contribution is 2.18. The fourth-order valence-electron chi connectivity index (χ4n) is 2.48. The molecule has 1 saturated carbocycles. The van der Waals surface area contributed by atoms with Gasteiger partial charge in [0.2, 0.25) is 5.91 Å². The van der Waals surface area contributed by atoms with Gasteiger partial charge in [0, 0.05) is 6.04 Å². The lowest BCUT2D eigenvalue weighted by molar-refractivity contribution is -0.121. The third kappa shape index (κ3) is 4.79. The summed E-state index contributed by atoms with van der Waals surface area (Å²) in [4.78, 5) is 12.1. The lowest BCUT2D eigenvalue weighted by Gasteiger charge is -2.23. The van der Waals surface area contributed by atoms with Gasteiger partial charge < -0.3 is 5.32 Å². The topological polar surface area (TPSA) is 63.2 Å². The Balaban J connectivity index is 2.58. The molecule has 1 amide bonds. The molecule has 112 valence electrons. The van der Waals surface area contributed by atoms with Crippen LogP contribution in [0, 0.1) is 0 Å². The summed E-state index contributed by atoms with van der Waals surface area (Å²) in [5, 5.41) is 1.47. The summed E-state index contributed by atoms with van der Waals surface area (Å²) in [6, 6.07) is 0.151. The van der Waals surface area contributed by atoms with Gasteiger partial charge in [0.1, 0.15) is 5.25 Å². The molecule has 0 aromatic carbocycles. The van der Waals surface area contributed by atoms with Crippen molar-refractivity contribution in [1.82, 2.24) is 5.32 Å². The average Bonchev–Trinajstić information content (AvgIpc) is 2.31. The van der Waals surface area contributed by atoms with Gasteiger partial charge >= 0.3 is 0 Å². The minimum atomic E-state index is -3.36. The maximum atomic E-state index is 12.1. The Labute approximate surface area is 117 Å². The number of hydrogen-bond acceptors (Lipinski definition) is 3. The van der Waals surface area contributed by atoms with Crippen LogP contribution in [0.2, 0.25) is 0 Å². The highest BCUT2D eigenvalue weighted by Gasteiger charge is 2.31. The van der Waals surface area contributed by atoms with Crippen molar-refractivity contribution in [3.8, 4) is 0 Å². The van der Waals surface area contributed by atoms with Gasteiger partial charge in [-0.05, 0) is 33.6 Å². The van der Waals surface area contributed by atoms with Crippen molar-refractivity contribution in [2.75, 3.05) is 0 Å². The first-order valence-corrected chi connectivity index (χ1v) is 8.99. The van der Waals surface area contributed by atoms with Crippen LogP contribution in [0.5, 0.6) is 0 Å². The molecule has 1 N–H and O–H groups in total. The van der Waals surface area contributed by atoms with Gasteiger partial charge in [-0.3, -0.25) is 4.79 Å². The first-order chi connectivity index (χ1) is 8.85. The molecule has 4 nitrogen and oxygen atoms in total. The van der Waals surface area contributed by atoms with E-state index in [0.717, 1.165) is 25.7 Å². The summed E-state index contributed by atoms with van der Waals surface area (Å²) in [7, 11) is -3.36. The first-order valence-electron chi connectivity index (χ1n) is 7.38. The average molecular weight is 289 g/mol. The molecule has 1 rings (SSSR count). The van der Waals surface area contributed by atoms with Gasteiger partial charge in [0.25, 0.3) is 0 Å². The quantitative estimate of drug-likeness (QED) is 0.864. The molecule has 0 bridgehead atoms. The molecule has 19 heavy (non-hydrogen) atoms. The SMILES string of the molecule is CC(C)S(=O)(=O)[C@H](C)C(=O)NC1CCCCCCC1. The normalized spacial score (nSPS) is 20.6. The fourth-order valence-corrected chi connectivity index (χ4v) is 3.66. The number of hydrogen-bond donors (Lipinski definition) is 1. The van der Waals surface area contributed by atoms with Gasteiger partial charge in [-0.25, -0.2) is 8.42 Å². The van der Waals surface area contributed by atoms with Crippen molar-refractivity contribution in [3.05, 3.63) is 0 Å². The van der Waals surface area contributed by atoms with Crippen LogP contribution >= 0.6 is 0 Å². The lowest BCUT2D eigenvalue weighted by atomic mass is 9.97. The van der Waals surface area contributed by atoms with Crippen LogP contribution in [0.3, 0.4) is 0 Å². The number of rotatable bonds is 4. The summed E-state index contributed by atoms with van der Waals surface area (Å²) >= 11 is 0. The van der Waals surface area contributed by atoms with Crippen molar-refractivity contribution in [2.45, 2.75) is 82.3 Å². The van der Waals surface area contributed by atoms with Crippen LogP contribution in [-0.2, 0) is 14.6 Å². The third-order valence-electron chi connectivity index (χ3n) is 3.97. The molecule has 5 heteroatoms. The molecular weight excluding hydrogens is 262 g/mol. The van der Waals surface area contributed by atoms with E-state index >= 15 is 0 Å². The summed E-state index contributed by atoms with van der Waals surface area (Å²) in [5.74, 6) is -0.334. The van der Waals surface area contributed by atoms with Gasteiger partial charge in [0.15, 0.2) is 9.84 Å². The fraction of sp³-hybridized carbons (Fsp3) is 0.929. The standard InChI is InChI=1S/C14H27NO3S/c1-11(2)19(17,18)12(3)14(16)15-13-9-7-5-4-6-8-10-13/h11-13H,4-10H2,1-3H3,(H,15,16)/t12-/m1/s1. The minimum Gasteiger partial charge on any atom is -0.352 e. The maximum absolute atomic E-state index is 12.1. The molecule has 0 aliphatic heterocycles. The predicted octanol–water partition coefficient (Wildman–Crippen LogP) is 2.43. The van der Waals surface area contributed by atoms with Crippen LogP contribution in [-0.4, -0.2) is 30.9 Å². The van der Waals surface area contributed by atoms with Crippen molar-refractivity contribution < 1.29 is 13.2 Å². The van der Waals surface area contributed by atoms with Gasteiger partial charge in [-0.2, -0.15) is 0 Å². The van der Waals surface area contributed by atoms with Gasteiger partial charge in [-0.15, -0.1) is 0 Å². The Morgan fingerprint density at radius 1 is 1.00 bits per heavy atom. The zero-order valence-electron chi connectivity index (χ0n) is 12.3. The zero-order valence-corrected chi connectivity index (χ0v) is 13.1. The maximum Gasteiger partial charge on any atom is 0.238 e. The molecule has 0 unspecified atom stereocenters. The van der Waals surface area contributed by atoms with E-state index < -0.39 is 20.3 Å². The largest absolute Gasteiger partial charge is 0.352 e. The van der Waals surface area contributed by atoms with Gasteiger partial charge in [0.05, 0.1) is 5.25 Å². The highest BCUT2D eigenvalue weighted by molar-refractivity contribution is 7.93. The van der Waals surface area contributed by atoms with Crippen molar-refractivity contribution in [2.24, 2.45) is 0 Å². The van der Waals surface area contributed by atoms with Crippen LogP contribution in [0.4, 0.5) is 0 Å². The van der Waals surface area contributed by atoms with Crippen molar-refractivity contribution in [1.29, 1.82) is 0 Å². The monoisotopic (exact) mass is 289 g/mol. The predicted molar refractivity (Wildman–Crippen MR) is 77.8 cm³/mol. The van der Waals surface area contributed by atoms with E-state index in [2.05, 4.69) is 5.32 Å². The number of amides is 1. The zero-order chi connectivity index (χ0) is 14.5. The molecule has 1 fully saturated rings. The van der Waals surface area contributed by atoms with Crippen LogP contribution in [0.1, 0.15) is 65.7 Å². The number of sulfone groups is 1. The van der Waals surface area contributed by atoms with Gasteiger partial charge in [-0.1, -0.05) is 32.1 Å². The Hall–Kier alpha value is -0.580. The van der Waals surface area contributed by atoms with E-state index in [0.29, 0.717) is 0 Å². The second kappa shape index (κ2) is 7.27.